The molecule has 1 atom stereocenters. The minimum Gasteiger partial charge on any atom is -0.369 e. The number of benzene rings is 2. The maximum absolute atomic E-state index is 6.36. The molecule has 0 aliphatic carbocycles. The fraction of sp³-hybridized carbons (Fsp3) is 0.188. The first-order valence-corrected chi connectivity index (χ1v) is 7.84. The number of hydrogen-bond donors (Lipinski definition) is 1. The van der Waals surface area contributed by atoms with Crippen molar-refractivity contribution in [3.63, 3.8) is 0 Å². The van der Waals surface area contributed by atoms with Gasteiger partial charge in [-0.15, -0.1) is 0 Å². The summed E-state index contributed by atoms with van der Waals surface area (Å²) in [5.74, 6) is 0.528. The Labute approximate surface area is 137 Å². The molecule has 0 bridgehead atoms. The molecule has 0 saturated heterocycles. The first-order valence-electron chi connectivity index (χ1n) is 6.67. The zero-order chi connectivity index (χ0) is 15.0. The van der Waals surface area contributed by atoms with Gasteiger partial charge in [-0.1, -0.05) is 45.2 Å². The maximum atomic E-state index is 6.36. The van der Waals surface area contributed by atoms with Gasteiger partial charge < -0.3 is 10.6 Å². The van der Waals surface area contributed by atoms with Gasteiger partial charge in [0, 0.05) is 15.2 Å². The second-order valence-corrected chi connectivity index (χ2v) is 6.41. The average Bonchev–Trinajstić information content (AvgIpc) is 2.84. The van der Waals surface area contributed by atoms with Gasteiger partial charge in [-0.05, 0) is 42.8 Å². The zero-order valence-corrected chi connectivity index (χ0v) is 13.9. The molecule has 3 rings (SSSR count). The number of guanidine groups is 1. The third kappa shape index (κ3) is 2.78. The van der Waals surface area contributed by atoms with Crippen molar-refractivity contribution in [2.45, 2.75) is 13.0 Å². The van der Waals surface area contributed by atoms with Gasteiger partial charge in [0.05, 0.1) is 12.6 Å². The van der Waals surface area contributed by atoms with Gasteiger partial charge in [-0.25, -0.2) is 0 Å². The van der Waals surface area contributed by atoms with Gasteiger partial charge in [0.1, 0.15) is 0 Å². The highest BCUT2D eigenvalue weighted by Crippen LogP contribution is 2.35. The van der Waals surface area contributed by atoms with E-state index < -0.39 is 0 Å². The molecule has 2 aromatic carbocycles. The second kappa shape index (κ2) is 5.70. The van der Waals surface area contributed by atoms with Gasteiger partial charge in [0.15, 0.2) is 5.96 Å². The molecule has 5 heteroatoms. The van der Waals surface area contributed by atoms with Crippen LogP contribution in [0.15, 0.2) is 51.9 Å². The summed E-state index contributed by atoms with van der Waals surface area (Å²) in [6.45, 7) is 2.67. The Morgan fingerprint density at radius 3 is 2.67 bits per heavy atom. The highest BCUT2D eigenvalue weighted by molar-refractivity contribution is 9.10. The van der Waals surface area contributed by atoms with Gasteiger partial charge >= 0.3 is 0 Å². The lowest BCUT2D eigenvalue weighted by molar-refractivity contribution is 0.768. The molecule has 2 aromatic rings. The fourth-order valence-corrected chi connectivity index (χ4v) is 3.14. The summed E-state index contributed by atoms with van der Waals surface area (Å²) in [6, 6.07) is 14.1. The van der Waals surface area contributed by atoms with Crippen LogP contribution in [0, 0.1) is 6.92 Å². The average molecular weight is 365 g/mol. The normalized spacial score (nSPS) is 18.0. The lowest BCUT2D eigenvalue weighted by Gasteiger charge is -2.27. The monoisotopic (exact) mass is 363 g/mol. The molecular weight excluding hydrogens is 350 g/mol. The number of aliphatic imine (C=N–C) groups is 1. The van der Waals surface area contributed by atoms with Crippen molar-refractivity contribution < 1.29 is 0 Å². The van der Waals surface area contributed by atoms with Gasteiger partial charge in [0.25, 0.3) is 0 Å². The quantitative estimate of drug-likeness (QED) is 0.864. The zero-order valence-electron chi connectivity index (χ0n) is 11.6. The summed E-state index contributed by atoms with van der Waals surface area (Å²) < 4.78 is 0.997. The van der Waals surface area contributed by atoms with Crippen molar-refractivity contribution >= 4 is 39.2 Å². The van der Waals surface area contributed by atoms with E-state index in [-0.39, 0.29) is 6.04 Å². The predicted octanol–water partition coefficient (Wildman–Crippen LogP) is 4.29. The smallest absolute Gasteiger partial charge is 0.196 e. The fourth-order valence-electron chi connectivity index (χ4n) is 2.52. The number of anilines is 1. The molecular formula is C16H15BrClN3. The van der Waals surface area contributed by atoms with E-state index in [0.717, 1.165) is 20.7 Å². The summed E-state index contributed by atoms with van der Waals surface area (Å²) in [6.07, 6.45) is 0. The van der Waals surface area contributed by atoms with E-state index >= 15 is 0 Å². The summed E-state index contributed by atoms with van der Waals surface area (Å²) in [7, 11) is 0. The van der Waals surface area contributed by atoms with E-state index in [0.29, 0.717) is 12.5 Å². The van der Waals surface area contributed by atoms with Crippen LogP contribution in [0.3, 0.4) is 0 Å². The van der Waals surface area contributed by atoms with Crippen LogP contribution in [0.1, 0.15) is 17.2 Å². The van der Waals surface area contributed by atoms with Crippen LogP contribution < -0.4 is 10.6 Å². The number of halogens is 2. The molecule has 108 valence electrons. The Hall–Kier alpha value is -1.52. The maximum Gasteiger partial charge on any atom is 0.196 e. The molecule has 0 radical (unpaired) electrons. The van der Waals surface area contributed by atoms with Crippen LogP contribution in [0.5, 0.6) is 0 Å². The number of rotatable bonds is 2. The highest BCUT2D eigenvalue weighted by atomic mass is 79.9. The Bertz CT molecular complexity index is 697. The van der Waals surface area contributed by atoms with Crippen LogP contribution in [0.4, 0.5) is 5.69 Å². The van der Waals surface area contributed by atoms with Crippen molar-refractivity contribution in [1.29, 1.82) is 0 Å². The van der Waals surface area contributed by atoms with Crippen LogP contribution in [0.25, 0.3) is 0 Å². The molecule has 0 amide bonds. The minimum absolute atomic E-state index is 0.0257. The molecule has 0 saturated carbocycles. The predicted molar refractivity (Wildman–Crippen MR) is 92.0 cm³/mol. The summed E-state index contributed by atoms with van der Waals surface area (Å²) in [5.41, 5.74) is 9.35. The Balaban J connectivity index is 2.02. The van der Waals surface area contributed by atoms with E-state index in [1.54, 1.807) is 0 Å². The van der Waals surface area contributed by atoms with Gasteiger partial charge in [-0.2, -0.15) is 0 Å². The molecule has 1 unspecified atom stereocenters. The number of aryl methyl sites for hydroxylation is 1. The highest BCUT2D eigenvalue weighted by Gasteiger charge is 2.30. The van der Waals surface area contributed by atoms with E-state index in [9.17, 15) is 0 Å². The Morgan fingerprint density at radius 2 is 1.95 bits per heavy atom. The van der Waals surface area contributed by atoms with Crippen molar-refractivity contribution in [3.8, 4) is 0 Å². The third-order valence-electron chi connectivity index (χ3n) is 3.61. The van der Waals surface area contributed by atoms with Crippen molar-refractivity contribution in [3.05, 3.63) is 63.1 Å². The topological polar surface area (TPSA) is 41.6 Å². The van der Waals surface area contributed by atoms with Gasteiger partial charge in [-0.3, -0.25) is 4.99 Å². The standard InChI is InChI=1S/C16H15BrClN3/c1-10-2-5-12(6-3-10)21-15(9-20-16(21)19)13-8-11(17)4-7-14(13)18/h2-8,15H,9H2,1H3,(H2,19,20). The summed E-state index contributed by atoms with van der Waals surface area (Å²) >= 11 is 9.86. The van der Waals surface area contributed by atoms with Crippen LogP contribution in [-0.4, -0.2) is 12.5 Å². The molecule has 3 nitrogen and oxygen atoms in total. The number of nitrogens with zero attached hydrogens (tertiary/aromatic N) is 2. The van der Waals surface area contributed by atoms with Crippen LogP contribution in [-0.2, 0) is 0 Å². The van der Waals surface area contributed by atoms with E-state index in [1.807, 2.05) is 23.1 Å². The molecule has 0 fully saturated rings. The van der Waals surface area contributed by atoms with E-state index in [1.165, 1.54) is 5.56 Å². The third-order valence-corrected chi connectivity index (χ3v) is 4.45. The van der Waals surface area contributed by atoms with E-state index in [2.05, 4.69) is 52.1 Å². The van der Waals surface area contributed by atoms with Crippen molar-refractivity contribution in [1.82, 2.24) is 0 Å². The van der Waals surface area contributed by atoms with Crippen LogP contribution in [0.2, 0.25) is 5.02 Å². The van der Waals surface area contributed by atoms with Gasteiger partial charge in [0.2, 0.25) is 0 Å². The summed E-state index contributed by atoms with van der Waals surface area (Å²) in [5, 5.41) is 0.727. The lowest BCUT2D eigenvalue weighted by atomic mass is 10.1. The Morgan fingerprint density at radius 1 is 1.24 bits per heavy atom. The SMILES string of the molecule is Cc1ccc(N2C(N)=NCC2c2cc(Br)ccc2Cl)cc1. The first kappa shape index (κ1) is 14.4. The lowest BCUT2D eigenvalue weighted by Crippen LogP contribution is -2.36. The number of hydrogen-bond acceptors (Lipinski definition) is 3. The van der Waals surface area contributed by atoms with Crippen LogP contribution >= 0.6 is 27.5 Å². The molecule has 21 heavy (non-hydrogen) atoms. The molecule has 1 aliphatic rings. The first-order chi connectivity index (χ1) is 10.1. The molecule has 1 heterocycles. The number of nitrogens with two attached hydrogens (primary N) is 1. The van der Waals surface area contributed by atoms with E-state index in [4.69, 9.17) is 17.3 Å². The second-order valence-electron chi connectivity index (χ2n) is 5.09. The molecule has 0 spiro atoms. The molecule has 2 N–H and O–H groups in total. The minimum atomic E-state index is 0.0257. The Kier molecular flexibility index (Phi) is 3.91. The summed E-state index contributed by atoms with van der Waals surface area (Å²) in [4.78, 5) is 6.43. The molecule has 0 aromatic heterocycles. The largest absolute Gasteiger partial charge is 0.369 e. The van der Waals surface area contributed by atoms with Crippen molar-refractivity contribution in [2.24, 2.45) is 10.7 Å². The molecule has 1 aliphatic heterocycles. The van der Waals surface area contributed by atoms with Crippen molar-refractivity contribution in [2.75, 3.05) is 11.4 Å².